The molecule has 6 nitrogen and oxygen atoms in total. The van der Waals surface area contributed by atoms with E-state index in [1.54, 1.807) is 42.9 Å². The summed E-state index contributed by atoms with van der Waals surface area (Å²) in [6.07, 6.45) is 9.71. The van der Waals surface area contributed by atoms with Crippen LogP contribution in [0.2, 0.25) is 18.1 Å². The van der Waals surface area contributed by atoms with Gasteiger partial charge in [-0.25, -0.2) is 0 Å². The third kappa shape index (κ3) is 9.95. The maximum atomic E-state index is 9.77. The molecule has 3 aromatic rings. The van der Waals surface area contributed by atoms with Crippen LogP contribution in [0.3, 0.4) is 0 Å². The van der Waals surface area contributed by atoms with Crippen LogP contribution in [0.15, 0.2) is 93.7 Å². The van der Waals surface area contributed by atoms with E-state index in [0.29, 0.717) is 24.2 Å². The Bertz CT molecular complexity index is 919. The minimum Gasteiger partial charge on any atom is -0.467 e. The fourth-order valence-corrected chi connectivity index (χ4v) is 3.77. The van der Waals surface area contributed by atoms with Crippen LogP contribution in [0, 0.1) is 0 Å². The van der Waals surface area contributed by atoms with Crippen molar-refractivity contribution in [1.29, 1.82) is 0 Å². The molecule has 0 aliphatic carbocycles. The van der Waals surface area contributed by atoms with Gasteiger partial charge in [-0.1, -0.05) is 32.9 Å². The molecular formula is C27H38O6Si. The lowest BCUT2D eigenvalue weighted by Gasteiger charge is -2.38. The molecule has 0 radical (unpaired) electrons. The predicted molar refractivity (Wildman–Crippen MR) is 137 cm³/mol. The van der Waals surface area contributed by atoms with E-state index in [9.17, 15) is 9.90 Å². The van der Waals surface area contributed by atoms with Gasteiger partial charge >= 0.3 is 0 Å². The van der Waals surface area contributed by atoms with Crippen molar-refractivity contribution < 1.29 is 27.6 Å². The summed E-state index contributed by atoms with van der Waals surface area (Å²) in [5.74, 6) is 1.87. The van der Waals surface area contributed by atoms with Gasteiger partial charge in [-0.15, -0.1) is 13.2 Å². The zero-order valence-electron chi connectivity index (χ0n) is 20.9. The molecule has 7 heteroatoms. The smallest absolute Gasteiger partial charge is 0.193 e. The Morgan fingerprint density at radius 2 is 1.47 bits per heavy atom. The standard InChI is InChI=1S/C14H24O2Si.C8H10O2.C5H4O2/c1-7-9-13(12-10-8-11-15-12)16-17(5,6)14(2,3)4;1-2-4-7(9)8-5-3-6-10-8;6-4-5-2-1-3-7-5/h7-8,10-11,13H,1,9H2,2-6H3;2-3,5-7,9H,1,4H2;1-4H. The van der Waals surface area contributed by atoms with Crippen molar-refractivity contribution in [3.63, 3.8) is 0 Å². The van der Waals surface area contributed by atoms with Crippen molar-refractivity contribution in [2.45, 2.75) is 64.0 Å². The molecule has 0 bridgehead atoms. The molecule has 0 fully saturated rings. The van der Waals surface area contributed by atoms with Crippen LogP contribution in [0.25, 0.3) is 0 Å². The summed E-state index contributed by atoms with van der Waals surface area (Å²) in [6, 6.07) is 10.6. The Kier molecular flexibility index (Phi) is 12.4. The van der Waals surface area contributed by atoms with Gasteiger partial charge in [0, 0.05) is 0 Å². The van der Waals surface area contributed by atoms with Gasteiger partial charge < -0.3 is 22.8 Å². The molecule has 0 saturated heterocycles. The van der Waals surface area contributed by atoms with Crippen LogP contribution in [-0.2, 0) is 4.43 Å². The van der Waals surface area contributed by atoms with Crippen molar-refractivity contribution in [1.82, 2.24) is 0 Å². The quantitative estimate of drug-likeness (QED) is 0.188. The number of hydrogen-bond donors (Lipinski definition) is 1. The Hall–Kier alpha value is -2.87. The van der Waals surface area contributed by atoms with Crippen molar-refractivity contribution in [3.8, 4) is 0 Å². The first-order valence-corrected chi connectivity index (χ1v) is 14.1. The maximum Gasteiger partial charge on any atom is 0.193 e. The number of hydrogen-bond acceptors (Lipinski definition) is 6. The van der Waals surface area contributed by atoms with E-state index in [0.717, 1.165) is 12.2 Å². The van der Waals surface area contributed by atoms with E-state index >= 15 is 0 Å². The zero-order valence-corrected chi connectivity index (χ0v) is 21.9. The van der Waals surface area contributed by atoms with Gasteiger partial charge in [-0.2, -0.15) is 0 Å². The molecule has 0 spiro atoms. The second-order valence-corrected chi connectivity index (χ2v) is 13.9. The average Bonchev–Trinajstić information content (AvgIpc) is 3.57. The molecule has 0 aromatic carbocycles. The van der Waals surface area contributed by atoms with Gasteiger partial charge in [0.2, 0.25) is 0 Å². The first-order valence-electron chi connectivity index (χ1n) is 11.2. The van der Waals surface area contributed by atoms with Crippen molar-refractivity contribution in [2.75, 3.05) is 0 Å². The van der Waals surface area contributed by atoms with Crippen LogP contribution in [0.1, 0.15) is 67.9 Å². The van der Waals surface area contributed by atoms with Crippen molar-refractivity contribution >= 4 is 14.6 Å². The lowest BCUT2D eigenvalue weighted by Crippen LogP contribution is -2.41. The molecule has 3 rings (SSSR count). The van der Waals surface area contributed by atoms with Gasteiger partial charge in [-0.3, -0.25) is 4.79 Å². The van der Waals surface area contributed by atoms with Crippen molar-refractivity contribution in [2.24, 2.45) is 0 Å². The molecule has 0 aliphatic heterocycles. The highest BCUT2D eigenvalue weighted by Gasteiger charge is 2.39. The number of furan rings is 3. The molecular weight excluding hydrogens is 448 g/mol. The summed E-state index contributed by atoms with van der Waals surface area (Å²) < 4.78 is 21.4. The van der Waals surface area contributed by atoms with Crippen LogP contribution >= 0.6 is 0 Å². The molecule has 2 atom stereocenters. The summed E-state index contributed by atoms with van der Waals surface area (Å²) in [5.41, 5.74) is 0. The molecule has 186 valence electrons. The van der Waals surface area contributed by atoms with E-state index in [1.807, 2.05) is 18.2 Å². The topological polar surface area (TPSA) is 86.0 Å². The van der Waals surface area contributed by atoms with Gasteiger partial charge in [0.15, 0.2) is 20.4 Å². The molecule has 3 aromatic heterocycles. The van der Waals surface area contributed by atoms with Crippen LogP contribution in [-0.4, -0.2) is 19.7 Å². The Labute approximate surface area is 204 Å². The predicted octanol–water partition coefficient (Wildman–Crippen LogP) is 7.90. The lowest BCUT2D eigenvalue weighted by atomic mass is 10.2. The number of carbonyl (C=O) groups excluding carboxylic acids is 1. The fraction of sp³-hybridized carbons (Fsp3) is 0.370. The third-order valence-electron chi connectivity index (χ3n) is 5.41. The van der Waals surface area contributed by atoms with Crippen LogP contribution < -0.4 is 0 Å². The molecule has 2 unspecified atom stereocenters. The number of rotatable bonds is 9. The Morgan fingerprint density at radius 3 is 1.85 bits per heavy atom. The van der Waals surface area contributed by atoms with Gasteiger partial charge in [0.1, 0.15) is 23.7 Å². The minimum absolute atomic E-state index is 0.00314. The SMILES string of the molecule is C=CCC(O)c1ccco1.C=CCC(O[Si](C)(C)C(C)(C)C)c1ccco1.O=Cc1ccco1. The summed E-state index contributed by atoms with van der Waals surface area (Å²) in [7, 11) is -1.77. The summed E-state index contributed by atoms with van der Waals surface area (Å²) in [6.45, 7) is 18.5. The second-order valence-electron chi connectivity index (χ2n) is 9.10. The maximum absolute atomic E-state index is 9.77. The molecule has 0 amide bonds. The average molecular weight is 487 g/mol. The number of carbonyl (C=O) groups is 1. The van der Waals surface area contributed by atoms with E-state index in [-0.39, 0.29) is 11.1 Å². The Morgan fingerprint density at radius 1 is 0.941 bits per heavy atom. The summed E-state index contributed by atoms with van der Waals surface area (Å²) >= 11 is 0. The number of aliphatic hydroxyl groups is 1. The fourth-order valence-electron chi connectivity index (χ4n) is 2.49. The van der Waals surface area contributed by atoms with Crippen molar-refractivity contribution in [3.05, 3.63) is 97.8 Å². The molecule has 0 aliphatic rings. The summed E-state index contributed by atoms with van der Waals surface area (Å²) in [5, 5.41) is 9.45. The van der Waals surface area contributed by atoms with Gasteiger partial charge in [0.25, 0.3) is 0 Å². The van der Waals surface area contributed by atoms with E-state index in [2.05, 4.69) is 51.4 Å². The first-order chi connectivity index (χ1) is 16.1. The van der Waals surface area contributed by atoms with Gasteiger partial charge in [0.05, 0.1) is 18.8 Å². The van der Waals surface area contributed by atoms with Gasteiger partial charge in [-0.05, 0) is 67.4 Å². The van der Waals surface area contributed by atoms with E-state index in [4.69, 9.17) is 13.3 Å². The number of aldehydes is 1. The lowest BCUT2D eigenvalue weighted by molar-refractivity contribution is 0.110. The molecule has 0 saturated carbocycles. The second kappa shape index (κ2) is 14.4. The molecule has 34 heavy (non-hydrogen) atoms. The highest BCUT2D eigenvalue weighted by atomic mass is 28.4. The molecule has 1 N–H and O–H groups in total. The van der Waals surface area contributed by atoms with Crippen LogP contribution in [0.5, 0.6) is 0 Å². The monoisotopic (exact) mass is 486 g/mol. The Balaban J connectivity index is 0.000000285. The largest absolute Gasteiger partial charge is 0.467 e. The van der Waals surface area contributed by atoms with E-state index < -0.39 is 14.4 Å². The summed E-state index contributed by atoms with van der Waals surface area (Å²) in [4.78, 5) is 9.77. The first kappa shape index (κ1) is 29.2. The normalized spacial score (nSPS) is 12.9. The number of aliphatic hydroxyl groups excluding tert-OH is 1. The third-order valence-corrected chi connectivity index (χ3v) is 9.89. The minimum atomic E-state index is -1.77. The van der Waals surface area contributed by atoms with E-state index in [1.165, 1.54) is 6.26 Å². The highest BCUT2D eigenvalue weighted by molar-refractivity contribution is 6.74. The molecule has 3 heterocycles. The van der Waals surface area contributed by atoms with Crippen LogP contribution in [0.4, 0.5) is 0 Å². The zero-order chi connectivity index (χ0) is 25.6. The highest BCUT2D eigenvalue weighted by Crippen LogP contribution is 2.40.